The minimum atomic E-state index is -0.742. The van der Waals surface area contributed by atoms with Crippen LogP contribution >= 0.6 is 11.8 Å². The summed E-state index contributed by atoms with van der Waals surface area (Å²) >= 11 is 1.24. The van der Waals surface area contributed by atoms with Crippen LogP contribution in [0.4, 0.5) is 0 Å². The van der Waals surface area contributed by atoms with E-state index in [0.29, 0.717) is 23.8 Å². The molecule has 27 heavy (non-hydrogen) atoms. The Kier molecular flexibility index (Phi) is 5.71. The van der Waals surface area contributed by atoms with Crippen LogP contribution in [0.3, 0.4) is 0 Å². The maximum Gasteiger partial charge on any atom is 0.234 e. The van der Waals surface area contributed by atoms with Crippen molar-refractivity contribution in [2.75, 3.05) is 5.84 Å². The number of hydrogen-bond donors (Lipinski definition) is 2. The molecule has 1 amide bonds. The monoisotopic (exact) mass is 384 g/mol. The average molecular weight is 385 g/mol. The highest BCUT2D eigenvalue weighted by Gasteiger charge is 2.35. The summed E-state index contributed by atoms with van der Waals surface area (Å²) in [6, 6.07) is 10.2. The minimum Gasteiger partial charge on any atom is -0.337 e. The molecule has 142 valence electrons. The maximum absolute atomic E-state index is 12.6. The number of carbonyl (C=O) groups is 1. The molecule has 3 rings (SSSR count). The van der Waals surface area contributed by atoms with Gasteiger partial charge in [-0.1, -0.05) is 60.9 Å². The highest BCUT2D eigenvalue weighted by molar-refractivity contribution is 8.00. The highest BCUT2D eigenvalue weighted by atomic mass is 32.2. The summed E-state index contributed by atoms with van der Waals surface area (Å²) in [6.45, 7) is 3.80. The molecular weight excluding hydrogens is 360 g/mol. The van der Waals surface area contributed by atoms with E-state index >= 15 is 0 Å². The third-order valence-electron chi connectivity index (χ3n) is 4.91. The van der Waals surface area contributed by atoms with Gasteiger partial charge in [-0.2, -0.15) is 5.26 Å². The average Bonchev–Trinajstić information content (AvgIpc) is 3.03. The van der Waals surface area contributed by atoms with E-state index in [1.165, 1.54) is 16.4 Å². The lowest BCUT2D eigenvalue weighted by Crippen LogP contribution is -2.51. The number of hydrogen-bond acceptors (Lipinski definition) is 6. The lowest BCUT2D eigenvalue weighted by atomic mass is 9.83. The SMILES string of the molecule is Cc1ccc(-c2nnc(S[C@@H](C)C(=O)NC3(C#N)CCCCC3)n2N)cc1. The van der Waals surface area contributed by atoms with Crippen LogP contribution in [0.5, 0.6) is 0 Å². The molecule has 3 N–H and O–H groups in total. The van der Waals surface area contributed by atoms with Crippen LogP contribution in [0, 0.1) is 18.3 Å². The largest absolute Gasteiger partial charge is 0.337 e. The smallest absolute Gasteiger partial charge is 0.234 e. The standard InChI is InChI=1S/C19H24N6OS/c1-13-6-8-15(9-7-13)16-23-24-18(25(16)21)27-14(2)17(26)22-19(12-20)10-4-3-5-11-19/h6-9,14H,3-5,10-11,21H2,1-2H3,(H,22,26)/t14-/m0/s1. The molecule has 0 aliphatic heterocycles. The molecular formula is C19H24N6OS. The maximum atomic E-state index is 12.6. The second-order valence-electron chi connectivity index (χ2n) is 7.05. The van der Waals surface area contributed by atoms with Crippen LogP contribution in [-0.4, -0.2) is 31.6 Å². The van der Waals surface area contributed by atoms with Gasteiger partial charge in [0, 0.05) is 5.56 Å². The van der Waals surface area contributed by atoms with Crippen LogP contribution in [0.2, 0.25) is 0 Å². The number of rotatable bonds is 5. The van der Waals surface area contributed by atoms with E-state index < -0.39 is 10.8 Å². The quantitative estimate of drug-likeness (QED) is 0.606. The van der Waals surface area contributed by atoms with Gasteiger partial charge < -0.3 is 11.2 Å². The fraction of sp³-hybridized carbons (Fsp3) is 0.474. The number of nitrogens with two attached hydrogens (primary N) is 1. The minimum absolute atomic E-state index is 0.177. The fourth-order valence-corrected chi connectivity index (χ4v) is 4.00. The Bertz CT molecular complexity index is 848. The summed E-state index contributed by atoms with van der Waals surface area (Å²) in [5.74, 6) is 6.51. The van der Waals surface area contributed by atoms with E-state index in [1.54, 1.807) is 6.92 Å². The number of aromatic nitrogens is 3. The molecule has 1 heterocycles. The zero-order valence-corrected chi connectivity index (χ0v) is 16.4. The van der Waals surface area contributed by atoms with Crippen molar-refractivity contribution in [3.63, 3.8) is 0 Å². The van der Waals surface area contributed by atoms with Crippen LogP contribution < -0.4 is 11.2 Å². The first-order valence-corrected chi connectivity index (χ1v) is 9.99. The summed E-state index contributed by atoms with van der Waals surface area (Å²) < 4.78 is 1.40. The van der Waals surface area contributed by atoms with Gasteiger partial charge in [0.05, 0.1) is 11.3 Å². The van der Waals surface area contributed by atoms with Crippen molar-refractivity contribution in [3.8, 4) is 17.5 Å². The molecule has 2 aromatic rings. The van der Waals surface area contributed by atoms with Crippen LogP contribution in [0.15, 0.2) is 29.4 Å². The molecule has 1 aromatic heterocycles. The van der Waals surface area contributed by atoms with E-state index in [1.807, 2.05) is 31.2 Å². The lowest BCUT2D eigenvalue weighted by molar-refractivity contribution is -0.121. The lowest BCUT2D eigenvalue weighted by Gasteiger charge is -2.32. The summed E-state index contributed by atoms with van der Waals surface area (Å²) in [4.78, 5) is 12.6. The van der Waals surface area contributed by atoms with Crippen molar-refractivity contribution < 1.29 is 4.79 Å². The first-order valence-electron chi connectivity index (χ1n) is 9.11. The molecule has 8 heteroatoms. The van der Waals surface area contributed by atoms with E-state index in [-0.39, 0.29) is 5.91 Å². The predicted octanol–water partition coefficient (Wildman–Crippen LogP) is 2.79. The first-order chi connectivity index (χ1) is 12.9. The zero-order valence-electron chi connectivity index (χ0n) is 15.6. The predicted molar refractivity (Wildman–Crippen MR) is 105 cm³/mol. The Labute approximate surface area is 163 Å². The molecule has 1 atom stereocenters. The van der Waals surface area contributed by atoms with Crippen molar-refractivity contribution in [1.29, 1.82) is 5.26 Å². The van der Waals surface area contributed by atoms with Crippen LogP contribution in [0.1, 0.15) is 44.6 Å². The van der Waals surface area contributed by atoms with Gasteiger partial charge in [0.2, 0.25) is 11.1 Å². The second-order valence-corrected chi connectivity index (χ2v) is 8.35. The number of nitrogens with one attached hydrogen (secondary N) is 1. The molecule has 1 saturated carbocycles. The molecule has 0 unspecified atom stereocenters. The second kappa shape index (κ2) is 8.01. The molecule has 0 bridgehead atoms. The first kappa shape index (κ1) is 19.2. The number of aryl methyl sites for hydroxylation is 1. The van der Waals surface area contributed by atoms with Crippen molar-refractivity contribution in [2.45, 2.75) is 61.9 Å². The molecule has 1 fully saturated rings. The van der Waals surface area contributed by atoms with Gasteiger partial charge in [0.1, 0.15) is 5.54 Å². The molecule has 1 aliphatic rings. The summed E-state index contributed by atoms with van der Waals surface area (Å²) in [7, 11) is 0. The summed E-state index contributed by atoms with van der Waals surface area (Å²) in [5, 5.41) is 20.8. The zero-order chi connectivity index (χ0) is 19.4. The molecule has 7 nitrogen and oxygen atoms in total. The number of thioether (sulfide) groups is 1. The molecule has 0 radical (unpaired) electrons. The Morgan fingerprint density at radius 3 is 2.59 bits per heavy atom. The number of nitriles is 1. The van der Waals surface area contributed by atoms with Gasteiger partial charge in [0.15, 0.2) is 5.82 Å². The number of benzene rings is 1. The molecule has 1 aromatic carbocycles. The number of amides is 1. The Morgan fingerprint density at radius 1 is 1.30 bits per heavy atom. The van der Waals surface area contributed by atoms with E-state index in [9.17, 15) is 10.1 Å². The molecule has 1 aliphatic carbocycles. The molecule has 0 saturated heterocycles. The normalized spacial score (nSPS) is 17.1. The van der Waals surface area contributed by atoms with Crippen molar-refractivity contribution >= 4 is 17.7 Å². The third kappa shape index (κ3) is 4.25. The van der Waals surface area contributed by atoms with Gasteiger partial charge in [-0.15, -0.1) is 10.2 Å². The summed E-state index contributed by atoms with van der Waals surface area (Å²) in [6.07, 6.45) is 4.45. The Morgan fingerprint density at radius 2 is 1.96 bits per heavy atom. The van der Waals surface area contributed by atoms with E-state index in [4.69, 9.17) is 5.84 Å². The van der Waals surface area contributed by atoms with Crippen LogP contribution in [0.25, 0.3) is 11.4 Å². The molecule has 0 spiro atoms. The van der Waals surface area contributed by atoms with Gasteiger partial charge in [-0.3, -0.25) is 4.79 Å². The van der Waals surface area contributed by atoms with Crippen LogP contribution in [-0.2, 0) is 4.79 Å². The van der Waals surface area contributed by atoms with Gasteiger partial charge in [-0.05, 0) is 26.7 Å². The Balaban J connectivity index is 1.69. The van der Waals surface area contributed by atoms with E-state index in [0.717, 1.165) is 30.4 Å². The van der Waals surface area contributed by atoms with E-state index in [2.05, 4.69) is 21.6 Å². The van der Waals surface area contributed by atoms with Crippen molar-refractivity contribution in [3.05, 3.63) is 29.8 Å². The van der Waals surface area contributed by atoms with Gasteiger partial charge in [0.25, 0.3) is 0 Å². The van der Waals surface area contributed by atoms with Crippen molar-refractivity contribution in [1.82, 2.24) is 20.2 Å². The van der Waals surface area contributed by atoms with Gasteiger partial charge >= 0.3 is 0 Å². The fourth-order valence-electron chi connectivity index (χ4n) is 3.23. The number of carbonyl (C=O) groups excluding carboxylic acids is 1. The number of nitrogen functional groups attached to an aromatic ring is 1. The highest BCUT2D eigenvalue weighted by Crippen LogP contribution is 2.29. The topological polar surface area (TPSA) is 110 Å². The Hall–Kier alpha value is -2.53. The summed E-state index contributed by atoms with van der Waals surface area (Å²) in [5.41, 5.74) is 1.27. The third-order valence-corrected chi connectivity index (χ3v) is 5.97. The van der Waals surface area contributed by atoms with Gasteiger partial charge in [-0.25, -0.2) is 4.68 Å². The number of nitrogens with zero attached hydrogens (tertiary/aromatic N) is 4. The van der Waals surface area contributed by atoms with Crippen molar-refractivity contribution in [2.24, 2.45) is 0 Å².